The van der Waals surface area contributed by atoms with E-state index in [-0.39, 0.29) is 34.5 Å². The molecule has 7 nitrogen and oxygen atoms in total. The van der Waals surface area contributed by atoms with Crippen molar-refractivity contribution >= 4 is 39.1 Å². The number of hydrogen-bond acceptors (Lipinski definition) is 4. The zero-order chi connectivity index (χ0) is 32.4. The molecule has 0 radical (unpaired) electrons. The lowest BCUT2D eigenvalue weighted by molar-refractivity contribution is -0.140. The van der Waals surface area contributed by atoms with Gasteiger partial charge in [0.1, 0.15) is 18.4 Å². The van der Waals surface area contributed by atoms with Crippen molar-refractivity contribution in [3.8, 4) is 0 Å². The van der Waals surface area contributed by atoms with E-state index in [0.29, 0.717) is 6.54 Å². The van der Waals surface area contributed by atoms with Gasteiger partial charge >= 0.3 is 0 Å². The normalized spacial score (nSPS) is 11.9. The van der Waals surface area contributed by atoms with E-state index in [4.69, 9.17) is 11.6 Å². The zero-order valence-electron chi connectivity index (χ0n) is 25.3. The molecule has 4 aromatic carbocycles. The Bertz CT molecular complexity index is 1690. The molecule has 0 unspecified atom stereocenters. The highest BCUT2D eigenvalue weighted by molar-refractivity contribution is 7.92. The van der Waals surface area contributed by atoms with Crippen molar-refractivity contribution in [3.05, 3.63) is 131 Å². The summed E-state index contributed by atoms with van der Waals surface area (Å²) in [6.07, 6.45) is 1.86. The molecule has 2 amide bonds. The van der Waals surface area contributed by atoms with Crippen molar-refractivity contribution in [1.29, 1.82) is 0 Å². The molecule has 45 heavy (non-hydrogen) atoms. The molecular formula is C35H37ClFN3O4S. The van der Waals surface area contributed by atoms with E-state index in [1.807, 2.05) is 68.4 Å². The minimum atomic E-state index is -4.31. The highest BCUT2D eigenvalue weighted by atomic mass is 35.5. The molecule has 1 N–H and O–H groups in total. The van der Waals surface area contributed by atoms with Gasteiger partial charge in [0.15, 0.2) is 0 Å². The molecule has 1 atom stereocenters. The van der Waals surface area contributed by atoms with Crippen LogP contribution < -0.4 is 9.62 Å². The van der Waals surface area contributed by atoms with Crippen molar-refractivity contribution in [2.45, 2.75) is 50.6 Å². The Hall–Kier alpha value is -4.21. The van der Waals surface area contributed by atoms with Gasteiger partial charge in [-0.3, -0.25) is 13.9 Å². The number of halogens is 2. The lowest BCUT2D eigenvalue weighted by atomic mass is 10.0. The molecule has 4 aromatic rings. The summed E-state index contributed by atoms with van der Waals surface area (Å²) < 4.78 is 43.0. The van der Waals surface area contributed by atoms with Gasteiger partial charge in [-0.15, -0.1) is 0 Å². The summed E-state index contributed by atoms with van der Waals surface area (Å²) in [5, 5.41) is 2.68. The first-order chi connectivity index (χ1) is 21.6. The molecule has 10 heteroatoms. The van der Waals surface area contributed by atoms with Gasteiger partial charge in [-0.1, -0.05) is 103 Å². The lowest BCUT2D eigenvalue weighted by Gasteiger charge is -2.34. The number of hydrogen-bond donors (Lipinski definition) is 1. The number of amides is 2. The van der Waals surface area contributed by atoms with E-state index in [9.17, 15) is 22.4 Å². The number of benzene rings is 4. The largest absolute Gasteiger partial charge is 0.354 e. The van der Waals surface area contributed by atoms with Crippen LogP contribution in [-0.4, -0.2) is 44.3 Å². The molecular weight excluding hydrogens is 613 g/mol. The topological polar surface area (TPSA) is 86.8 Å². The maximum absolute atomic E-state index is 14.4. The maximum atomic E-state index is 14.4. The third-order valence-corrected chi connectivity index (χ3v) is 9.45. The van der Waals surface area contributed by atoms with Crippen LogP contribution in [0.5, 0.6) is 0 Å². The number of nitrogens with zero attached hydrogens (tertiary/aromatic N) is 2. The summed E-state index contributed by atoms with van der Waals surface area (Å²) in [6.45, 7) is 3.81. The number of nitrogens with one attached hydrogen (secondary N) is 1. The molecule has 4 rings (SSSR count). The van der Waals surface area contributed by atoms with Gasteiger partial charge in [-0.05, 0) is 54.8 Å². The van der Waals surface area contributed by atoms with Gasteiger partial charge in [-0.2, -0.15) is 0 Å². The first kappa shape index (κ1) is 33.7. The summed E-state index contributed by atoms with van der Waals surface area (Å²) in [4.78, 5) is 29.6. The summed E-state index contributed by atoms with van der Waals surface area (Å²) in [5.74, 6) is -1.67. The molecule has 0 heterocycles. The second-order valence-electron chi connectivity index (χ2n) is 10.8. The average molecular weight is 650 g/mol. The number of carbonyl (C=O) groups is 2. The number of aryl methyl sites for hydroxylation is 1. The number of rotatable bonds is 14. The predicted octanol–water partition coefficient (Wildman–Crippen LogP) is 6.54. The second-order valence-corrected chi connectivity index (χ2v) is 13.0. The fourth-order valence-electron chi connectivity index (χ4n) is 4.84. The third kappa shape index (κ3) is 8.93. The molecule has 0 aliphatic carbocycles. The Morgan fingerprint density at radius 3 is 2.16 bits per heavy atom. The zero-order valence-corrected chi connectivity index (χ0v) is 26.9. The van der Waals surface area contributed by atoms with Crippen LogP contribution in [0.1, 0.15) is 36.5 Å². The summed E-state index contributed by atoms with van der Waals surface area (Å²) in [7, 11) is -4.31. The number of anilines is 1. The van der Waals surface area contributed by atoms with Crippen LogP contribution in [0, 0.1) is 12.7 Å². The highest BCUT2D eigenvalue weighted by Crippen LogP contribution is 2.28. The first-order valence-electron chi connectivity index (χ1n) is 14.8. The van der Waals surface area contributed by atoms with E-state index >= 15 is 0 Å². The monoisotopic (exact) mass is 649 g/mol. The Morgan fingerprint density at radius 2 is 1.53 bits per heavy atom. The van der Waals surface area contributed by atoms with Crippen molar-refractivity contribution in [3.63, 3.8) is 0 Å². The predicted molar refractivity (Wildman–Crippen MR) is 176 cm³/mol. The Balaban J connectivity index is 1.79. The summed E-state index contributed by atoms with van der Waals surface area (Å²) in [5.41, 5.74) is 2.66. The molecule has 0 bridgehead atoms. The molecule has 0 aliphatic heterocycles. The van der Waals surface area contributed by atoms with Crippen LogP contribution in [0.4, 0.5) is 10.1 Å². The number of carbonyl (C=O) groups excluding carboxylic acids is 2. The quantitative estimate of drug-likeness (QED) is 0.157. The van der Waals surface area contributed by atoms with Gasteiger partial charge in [0.2, 0.25) is 11.8 Å². The smallest absolute Gasteiger partial charge is 0.264 e. The SMILES string of the molecule is CCCCNC(=O)[C@H](Cc1ccccc1)N(Cc1ccc(C)cc1)C(=O)CN(c1ccc(F)c(Cl)c1)S(=O)(=O)c1ccccc1. The Kier molecular flexibility index (Phi) is 11.7. The van der Waals surface area contributed by atoms with Crippen molar-refractivity contribution in [2.24, 2.45) is 0 Å². The molecule has 0 aliphatic rings. The van der Waals surface area contributed by atoms with E-state index < -0.39 is 34.3 Å². The van der Waals surface area contributed by atoms with Crippen LogP contribution in [0.15, 0.2) is 108 Å². The van der Waals surface area contributed by atoms with Gasteiger partial charge in [-0.25, -0.2) is 12.8 Å². The fourth-order valence-corrected chi connectivity index (χ4v) is 6.44. The van der Waals surface area contributed by atoms with Crippen LogP contribution in [0.2, 0.25) is 5.02 Å². The molecule has 0 saturated heterocycles. The minimum absolute atomic E-state index is 0.0147. The lowest BCUT2D eigenvalue weighted by Crippen LogP contribution is -2.53. The summed E-state index contributed by atoms with van der Waals surface area (Å²) in [6, 6.07) is 27.1. The van der Waals surface area contributed by atoms with Crippen molar-refractivity contribution in [2.75, 3.05) is 17.4 Å². The third-order valence-electron chi connectivity index (χ3n) is 7.38. The van der Waals surface area contributed by atoms with Gasteiger partial charge < -0.3 is 10.2 Å². The molecule has 0 saturated carbocycles. The fraction of sp³-hybridized carbons (Fsp3) is 0.257. The van der Waals surface area contributed by atoms with Gasteiger partial charge in [0.25, 0.3) is 10.0 Å². The van der Waals surface area contributed by atoms with Crippen LogP contribution >= 0.6 is 11.6 Å². The van der Waals surface area contributed by atoms with Crippen LogP contribution in [0.3, 0.4) is 0 Å². The van der Waals surface area contributed by atoms with E-state index in [0.717, 1.165) is 39.9 Å². The molecule has 0 aromatic heterocycles. The molecule has 0 fully saturated rings. The molecule has 0 spiro atoms. The average Bonchev–Trinajstić information content (AvgIpc) is 3.04. The molecule has 236 valence electrons. The number of unbranched alkanes of at least 4 members (excludes halogenated alkanes) is 1. The Labute approximate surface area is 269 Å². The number of sulfonamides is 1. The van der Waals surface area contributed by atoms with E-state index in [1.54, 1.807) is 18.2 Å². The van der Waals surface area contributed by atoms with Gasteiger partial charge in [0.05, 0.1) is 15.6 Å². The standard InChI is InChI=1S/C35H37ClFN3O4S/c1-3-4-21-38-35(42)33(22-27-11-7-5-8-12-27)39(24-28-17-15-26(2)16-18-28)34(41)25-40(29-19-20-32(37)31(36)23-29)45(43,44)30-13-9-6-10-14-30/h5-20,23,33H,3-4,21-22,24-25H2,1-2H3,(H,38,42)/t33-/m0/s1. The van der Waals surface area contributed by atoms with Crippen LogP contribution in [0.25, 0.3) is 0 Å². The van der Waals surface area contributed by atoms with E-state index in [2.05, 4.69) is 5.32 Å². The van der Waals surface area contributed by atoms with Crippen molar-refractivity contribution < 1.29 is 22.4 Å². The van der Waals surface area contributed by atoms with Crippen molar-refractivity contribution in [1.82, 2.24) is 10.2 Å². The summed E-state index contributed by atoms with van der Waals surface area (Å²) >= 11 is 6.07. The van der Waals surface area contributed by atoms with Crippen LogP contribution in [-0.2, 0) is 32.6 Å². The second kappa shape index (κ2) is 15.7. The highest BCUT2D eigenvalue weighted by Gasteiger charge is 2.34. The minimum Gasteiger partial charge on any atom is -0.354 e. The maximum Gasteiger partial charge on any atom is 0.264 e. The van der Waals surface area contributed by atoms with E-state index in [1.165, 1.54) is 29.2 Å². The Morgan fingerprint density at radius 1 is 0.889 bits per heavy atom. The first-order valence-corrected chi connectivity index (χ1v) is 16.6. The van der Waals surface area contributed by atoms with Gasteiger partial charge in [0, 0.05) is 19.5 Å².